The van der Waals surface area contributed by atoms with Crippen molar-refractivity contribution in [2.75, 3.05) is 5.73 Å². The standard InChI is InChI=1S/C11H8ClN5.C8H7ClO/c12-8-3-1-2-7(6-8)9-4-5-14-11-15-10(13)16-17(9)11;1-6(10)7-3-2-4-8(9)5-7/h1-6H,(H2,13,16);2-5H,1H3. The van der Waals surface area contributed by atoms with Crippen LogP contribution < -0.4 is 5.73 Å². The highest BCUT2D eigenvalue weighted by molar-refractivity contribution is 6.31. The third-order valence-corrected chi connectivity index (χ3v) is 4.08. The molecule has 2 aromatic heterocycles. The summed E-state index contributed by atoms with van der Waals surface area (Å²) in [4.78, 5) is 18.8. The van der Waals surface area contributed by atoms with E-state index in [4.69, 9.17) is 28.9 Å². The van der Waals surface area contributed by atoms with Crippen LogP contribution in [0.4, 0.5) is 5.95 Å². The minimum Gasteiger partial charge on any atom is -0.366 e. The summed E-state index contributed by atoms with van der Waals surface area (Å²) in [6, 6.07) is 16.2. The van der Waals surface area contributed by atoms with E-state index in [-0.39, 0.29) is 11.7 Å². The van der Waals surface area contributed by atoms with Crippen molar-refractivity contribution in [1.29, 1.82) is 0 Å². The predicted molar refractivity (Wildman–Crippen MR) is 107 cm³/mol. The second-order valence-corrected chi connectivity index (χ2v) is 6.46. The number of benzene rings is 2. The third kappa shape index (κ3) is 4.61. The Kier molecular flexibility index (Phi) is 5.69. The van der Waals surface area contributed by atoms with Gasteiger partial charge in [-0.1, -0.05) is 47.5 Å². The molecule has 6 nitrogen and oxygen atoms in total. The van der Waals surface area contributed by atoms with Crippen molar-refractivity contribution in [2.24, 2.45) is 0 Å². The van der Waals surface area contributed by atoms with Crippen LogP contribution in [0.2, 0.25) is 10.0 Å². The number of carbonyl (C=O) groups excluding carboxylic acids is 1. The maximum absolute atomic E-state index is 10.7. The first-order chi connectivity index (χ1) is 12.9. The first-order valence-corrected chi connectivity index (χ1v) is 8.69. The molecule has 0 fully saturated rings. The number of fused-ring (bicyclic) bond motifs is 1. The van der Waals surface area contributed by atoms with Gasteiger partial charge in [-0.15, -0.1) is 5.10 Å². The lowest BCUT2D eigenvalue weighted by molar-refractivity contribution is 0.101. The molecule has 0 saturated heterocycles. The molecule has 0 bridgehead atoms. The number of nitrogen functional groups attached to an aromatic ring is 1. The van der Waals surface area contributed by atoms with E-state index in [1.165, 1.54) is 6.92 Å². The Morgan fingerprint density at radius 2 is 1.74 bits per heavy atom. The molecule has 0 spiro atoms. The van der Waals surface area contributed by atoms with E-state index >= 15 is 0 Å². The molecule has 0 aliphatic heterocycles. The van der Waals surface area contributed by atoms with Crippen LogP contribution in [0, 0.1) is 0 Å². The number of rotatable bonds is 2. The average Bonchev–Trinajstić information content (AvgIpc) is 3.02. The van der Waals surface area contributed by atoms with Crippen LogP contribution in [0.5, 0.6) is 0 Å². The average molecular weight is 400 g/mol. The van der Waals surface area contributed by atoms with Crippen molar-refractivity contribution in [3.63, 3.8) is 0 Å². The highest BCUT2D eigenvalue weighted by Crippen LogP contribution is 2.22. The quantitative estimate of drug-likeness (QED) is 0.498. The fraction of sp³-hybridized carbons (Fsp3) is 0.0526. The molecule has 0 aliphatic rings. The normalized spacial score (nSPS) is 10.3. The highest BCUT2D eigenvalue weighted by atomic mass is 35.5. The van der Waals surface area contributed by atoms with E-state index in [1.807, 2.05) is 30.3 Å². The lowest BCUT2D eigenvalue weighted by Gasteiger charge is -2.03. The SMILES string of the molecule is CC(=O)c1cccc(Cl)c1.Nc1nc2nccc(-c3cccc(Cl)c3)n2n1. The number of nitrogens with zero attached hydrogens (tertiary/aromatic N) is 4. The Morgan fingerprint density at radius 3 is 2.37 bits per heavy atom. The smallest absolute Gasteiger partial charge is 0.254 e. The van der Waals surface area contributed by atoms with Gasteiger partial charge < -0.3 is 5.73 Å². The summed E-state index contributed by atoms with van der Waals surface area (Å²) < 4.78 is 1.60. The summed E-state index contributed by atoms with van der Waals surface area (Å²) in [5.41, 5.74) is 8.01. The Labute approximate surface area is 165 Å². The van der Waals surface area contributed by atoms with E-state index in [0.717, 1.165) is 11.3 Å². The second-order valence-electron chi connectivity index (χ2n) is 5.59. The maximum Gasteiger partial charge on any atom is 0.254 e. The second kappa shape index (κ2) is 8.16. The van der Waals surface area contributed by atoms with E-state index in [2.05, 4.69) is 15.1 Å². The first kappa shape index (κ1) is 18.8. The van der Waals surface area contributed by atoms with Crippen LogP contribution in [-0.2, 0) is 0 Å². The summed E-state index contributed by atoms with van der Waals surface area (Å²) in [6.07, 6.45) is 1.67. The minimum absolute atomic E-state index is 0.0440. The van der Waals surface area contributed by atoms with Gasteiger partial charge >= 0.3 is 0 Å². The number of anilines is 1. The number of aromatic nitrogens is 4. The van der Waals surface area contributed by atoms with E-state index in [1.54, 1.807) is 35.0 Å². The van der Waals surface area contributed by atoms with Crippen molar-refractivity contribution >= 4 is 40.7 Å². The minimum atomic E-state index is 0.0440. The number of ketones is 1. The van der Waals surface area contributed by atoms with Gasteiger partial charge in [0.2, 0.25) is 5.95 Å². The predicted octanol–water partition coefficient (Wildman–Crippen LogP) is 4.57. The van der Waals surface area contributed by atoms with Gasteiger partial charge in [0.1, 0.15) is 0 Å². The molecule has 27 heavy (non-hydrogen) atoms. The number of halogens is 2. The van der Waals surface area contributed by atoms with E-state index in [0.29, 0.717) is 21.4 Å². The van der Waals surface area contributed by atoms with Crippen LogP contribution in [0.3, 0.4) is 0 Å². The number of carbonyl (C=O) groups is 1. The van der Waals surface area contributed by atoms with Gasteiger partial charge in [0.25, 0.3) is 5.78 Å². The van der Waals surface area contributed by atoms with Gasteiger partial charge in [-0.05, 0) is 37.3 Å². The molecule has 4 aromatic rings. The fourth-order valence-electron chi connectivity index (χ4n) is 2.38. The van der Waals surface area contributed by atoms with Crippen LogP contribution >= 0.6 is 23.2 Å². The molecular weight excluding hydrogens is 385 g/mol. The Balaban J connectivity index is 0.000000180. The lowest BCUT2D eigenvalue weighted by atomic mass is 10.1. The number of hydrogen-bond donors (Lipinski definition) is 1. The van der Waals surface area contributed by atoms with Crippen molar-refractivity contribution in [1.82, 2.24) is 19.6 Å². The Morgan fingerprint density at radius 1 is 1.04 bits per heavy atom. The third-order valence-electron chi connectivity index (χ3n) is 3.61. The summed E-state index contributed by atoms with van der Waals surface area (Å²) >= 11 is 11.6. The van der Waals surface area contributed by atoms with E-state index in [9.17, 15) is 4.79 Å². The van der Waals surface area contributed by atoms with Gasteiger partial charge in [-0.3, -0.25) is 4.79 Å². The van der Waals surface area contributed by atoms with Crippen molar-refractivity contribution in [3.8, 4) is 11.3 Å². The van der Waals surface area contributed by atoms with Crippen molar-refractivity contribution in [2.45, 2.75) is 6.92 Å². The Hall–Kier alpha value is -2.96. The molecule has 0 radical (unpaired) electrons. The highest BCUT2D eigenvalue weighted by Gasteiger charge is 2.08. The summed E-state index contributed by atoms with van der Waals surface area (Å²) in [5.74, 6) is 0.717. The number of hydrogen-bond acceptors (Lipinski definition) is 5. The molecule has 0 amide bonds. The topological polar surface area (TPSA) is 86.2 Å². The monoisotopic (exact) mass is 399 g/mol. The molecule has 0 aliphatic carbocycles. The van der Waals surface area contributed by atoms with Gasteiger partial charge in [-0.25, -0.2) is 4.98 Å². The lowest BCUT2D eigenvalue weighted by Crippen LogP contribution is -1.96. The van der Waals surface area contributed by atoms with E-state index < -0.39 is 0 Å². The molecule has 0 saturated carbocycles. The van der Waals surface area contributed by atoms with Crippen molar-refractivity contribution < 1.29 is 4.79 Å². The molecule has 8 heteroatoms. The zero-order valence-electron chi connectivity index (χ0n) is 14.3. The zero-order chi connectivity index (χ0) is 19.4. The van der Waals surface area contributed by atoms with Gasteiger partial charge in [0.05, 0.1) is 5.69 Å². The van der Waals surface area contributed by atoms with Gasteiger partial charge in [0.15, 0.2) is 5.78 Å². The summed E-state index contributed by atoms with van der Waals surface area (Å²) in [6.45, 7) is 1.52. The maximum atomic E-state index is 10.7. The van der Waals surface area contributed by atoms with Crippen molar-refractivity contribution in [3.05, 3.63) is 76.4 Å². The van der Waals surface area contributed by atoms with Crippen LogP contribution in [0.1, 0.15) is 17.3 Å². The summed E-state index contributed by atoms with van der Waals surface area (Å²) in [7, 11) is 0. The molecule has 0 atom stereocenters. The largest absolute Gasteiger partial charge is 0.366 e. The van der Waals surface area contributed by atoms with Crippen LogP contribution in [-0.4, -0.2) is 25.4 Å². The molecule has 2 N–H and O–H groups in total. The summed E-state index contributed by atoms with van der Waals surface area (Å²) in [5, 5.41) is 5.37. The fourth-order valence-corrected chi connectivity index (χ4v) is 2.76. The molecular formula is C19H15Cl2N5O. The first-order valence-electron chi connectivity index (χ1n) is 7.94. The van der Waals surface area contributed by atoms with Gasteiger partial charge in [0, 0.05) is 27.4 Å². The molecule has 2 heterocycles. The molecule has 136 valence electrons. The Bertz CT molecular complexity index is 1110. The van der Waals surface area contributed by atoms with Gasteiger partial charge in [-0.2, -0.15) is 9.50 Å². The number of nitrogens with two attached hydrogens (primary N) is 1. The molecule has 2 aromatic carbocycles. The van der Waals surface area contributed by atoms with Crippen LogP contribution in [0.25, 0.3) is 17.0 Å². The van der Waals surface area contributed by atoms with Crippen LogP contribution in [0.15, 0.2) is 60.8 Å². The number of Topliss-reactive ketones (excluding diaryl/α,β-unsaturated/α-hetero) is 1. The molecule has 4 rings (SSSR count). The molecule has 0 unspecified atom stereocenters. The zero-order valence-corrected chi connectivity index (χ0v) is 15.8.